The maximum Gasteiger partial charge on any atom is 0.185 e. The van der Waals surface area contributed by atoms with Crippen LogP contribution in [0.2, 0.25) is 0 Å². The average molecular weight is 490 g/mol. The fourth-order valence-electron chi connectivity index (χ4n) is 4.22. The molecule has 31 heavy (non-hydrogen) atoms. The molecule has 0 amide bonds. The predicted octanol–water partition coefficient (Wildman–Crippen LogP) is 6.48. The van der Waals surface area contributed by atoms with Gasteiger partial charge in [-0.3, -0.25) is 4.90 Å². The zero-order valence-electron chi connectivity index (χ0n) is 17.2. The Morgan fingerprint density at radius 3 is 1.90 bits per heavy atom. The first-order valence-electron chi connectivity index (χ1n) is 10.6. The van der Waals surface area contributed by atoms with E-state index in [1.54, 1.807) is 11.3 Å². The quantitative estimate of drug-likeness (QED) is 0.319. The highest BCUT2D eigenvalue weighted by molar-refractivity contribution is 9.10. The first-order valence-corrected chi connectivity index (χ1v) is 12.3. The van der Waals surface area contributed by atoms with Crippen LogP contribution in [0.25, 0.3) is 11.3 Å². The lowest BCUT2D eigenvalue weighted by Crippen LogP contribution is -2.48. The number of hydrogen-bond donors (Lipinski definition) is 0. The van der Waals surface area contributed by atoms with Crippen molar-refractivity contribution in [3.05, 3.63) is 106 Å². The lowest BCUT2D eigenvalue weighted by atomic mass is 9.96. The number of rotatable bonds is 5. The van der Waals surface area contributed by atoms with E-state index in [0.29, 0.717) is 6.04 Å². The molecule has 1 fully saturated rings. The topological polar surface area (TPSA) is 19.4 Å². The average Bonchev–Trinajstić information content (AvgIpc) is 3.32. The molecule has 5 heteroatoms. The Balaban J connectivity index is 1.32. The number of anilines is 1. The van der Waals surface area contributed by atoms with Crippen molar-refractivity contribution in [1.82, 2.24) is 9.88 Å². The molecule has 0 saturated carbocycles. The van der Waals surface area contributed by atoms with Crippen molar-refractivity contribution in [1.29, 1.82) is 0 Å². The van der Waals surface area contributed by atoms with Gasteiger partial charge in [-0.1, -0.05) is 88.7 Å². The molecule has 1 aliphatic heterocycles. The van der Waals surface area contributed by atoms with Gasteiger partial charge in [0.25, 0.3) is 0 Å². The van der Waals surface area contributed by atoms with Crippen molar-refractivity contribution < 1.29 is 0 Å². The van der Waals surface area contributed by atoms with Gasteiger partial charge in [0.2, 0.25) is 0 Å². The van der Waals surface area contributed by atoms with Crippen LogP contribution in [0, 0.1) is 0 Å². The summed E-state index contributed by atoms with van der Waals surface area (Å²) in [4.78, 5) is 9.96. The van der Waals surface area contributed by atoms with E-state index in [4.69, 9.17) is 4.98 Å². The maximum atomic E-state index is 4.93. The molecule has 0 aliphatic carbocycles. The summed E-state index contributed by atoms with van der Waals surface area (Å²) >= 11 is 5.25. The van der Waals surface area contributed by atoms with Gasteiger partial charge in [-0.2, -0.15) is 0 Å². The molecule has 0 unspecified atom stereocenters. The molecule has 0 atom stereocenters. The second-order valence-electron chi connectivity index (χ2n) is 7.77. The van der Waals surface area contributed by atoms with E-state index in [-0.39, 0.29) is 0 Å². The van der Waals surface area contributed by atoms with E-state index < -0.39 is 0 Å². The van der Waals surface area contributed by atoms with E-state index in [0.717, 1.165) is 47.0 Å². The largest absolute Gasteiger partial charge is 0.346 e. The van der Waals surface area contributed by atoms with Gasteiger partial charge in [0.15, 0.2) is 5.13 Å². The highest BCUT2D eigenvalue weighted by atomic mass is 79.9. The first kappa shape index (κ1) is 20.4. The molecule has 3 nitrogen and oxygen atoms in total. The van der Waals surface area contributed by atoms with E-state index in [1.807, 2.05) is 0 Å². The zero-order valence-corrected chi connectivity index (χ0v) is 19.6. The zero-order chi connectivity index (χ0) is 21.0. The van der Waals surface area contributed by atoms with Crippen molar-refractivity contribution in [3.63, 3.8) is 0 Å². The number of hydrogen-bond acceptors (Lipinski definition) is 4. The lowest BCUT2D eigenvalue weighted by molar-refractivity contribution is 0.212. The van der Waals surface area contributed by atoms with Gasteiger partial charge in [-0.15, -0.1) is 11.3 Å². The number of thiazole rings is 1. The molecule has 4 aromatic rings. The normalized spacial score (nSPS) is 14.8. The lowest BCUT2D eigenvalue weighted by Gasteiger charge is -2.39. The number of nitrogens with zero attached hydrogens (tertiary/aromatic N) is 3. The summed E-state index contributed by atoms with van der Waals surface area (Å²) in [5.41, 5.74) is 4.93. The Bertz CT molecular complexity index is 1060. The van der Waals surface area contributed by atoms with E-state index in [1.165, 1.54) is 11.1 Å². The molecular weight excluding hydrogens is 466 g/mol. The molecule has 5 rings (SSSR count). The van der Waals surface area contributed by atoms with E-state index in [9.17, 15) is 0 Å². The molecular formula is C26H24BrN3S. The Labute approximate surface area is 196 Å². The van der Waals surface area contributed by atoms with Crippen LogP contribution in [0.5, 0.6) is 0 Å². The summed E-state index contributed by atoms with van der Waals surface area (Å²) in [6, 6.07) is 30.4. The fraction of sp³-hybridized carbons (Fsp3) is 0.192. The number of piperazine rings is 1. The molecule has 1 aliphatic rings. The van der Waals surface area contributed by atoms with E-state index in [2.05, 4.69) is 116 Å². The van der Waals surface area contributed by atoms with Crippen molar-refractivity contribution in [2.75, 3.05) is 31.1 Å². The van der Waals surface area contributed by atoms with Gasteiger partial charge in [0.05, 0.1) is 11.7 Å². The minimum absolute atomic E-state index is 0.291. The number of halogens is 1. The van der Waals surface area contributed by atoms with Gasteiger partial charge in [0, 0.05) is 41.6 Å². The summed E-state index contributed by atoms with van der Waals surface area (Å²) in [6.45, 7) is 4.01. The van der Waals surface area contributed by atoms with Gasteiger partial charge >= 0.3 is 0 Å². The predicted molar refractivity (Wildman–Crippen MR) is 134 cm³/mol. The van der Waals surface area contributed by atoms with Crippen LogP contribution in [0.1, 0.15) is 17.2 Å². The Morgan fingerprint density at radius 2 is 1.32 bits per heavy atom. The van der Waals surface area contributed by atoms with Crippen molar-refractivity contribution in [3.8, 4) is 11.3 Å². The molecule has 2 heterocycles. The number of benzene rings is 3. The Hall–Kier alpha value is -2.47. The Morgan fingerprint density at radius 1 is 0.742 bits per heavy atom. The second-order valence-corrected chi connectivity index (χ2v) is 9.52. The molecule has 1 aromatic heterocycles. The standard InChI is InChI=1S/C26H24BrN3S/c27-23-13-11-20(12-14-23)24-19-31-26(28-24)30-17-15-29(16-18-30)25(21-7-3-1-4-8-21)22-9-5-2-6-10-22/h1-14,19,25H,15-18H2. The van der Waals surface area contributed by atoms with Crippen LogP contribution in [0.3, 0.4) is 0 Å². The maximum absolute atomic E-state index is 4.93. The van der Waals surface area contributed by atoms with Crippen LogP contribution in [-0.4, -0.2) is 36.1 Å². The molecule has 0 spiro atoms. The van der Waals surface area contributed by atoms with E-state index >= 15 is 0 Å². The van der Waals surface area contributed by atoms with Gasteiger partial charge in [-0.25, -0.2) is 4.98 Å². The first-order chi connectivity index (χ1) is 15.3. The third kappa shape index (κ3) is 4.59. The highest BCUT2D eigenvalue weighted by Gasteiger charge is 2.27. The SMILES string of the molecule is Brc1ccc(-c2csc(N3CCN(C(c4ccccc4)c4ccccc4)CC3)n2)cc1. The van der Waals surface area contributed by atoms with Crippen molar-refractivity contribution in [2.45, 2.75) is 6.04 Å². The second kappa shape index (κ2) is 9.35. The van der Waals surface area contributed by atoms with Crippen molar-refractivity contribution in [2.24, 2.45) is 0 Å². The number of aromatic nitrogens is 1. The molecule has 0 N–H and O–H groups in total. The van der Waals surface area contributed by atoms with Crippen LogP contribution in [-0.2, 0) is 0 Å². The molecule has 1 saturated heterocycles. The van der Waals surface area contributed by atoms with Crippen LogP contribution < -0.4 is 4.90 Å². The third-order valence-electron chi connectivity index (χ3n) is 5.81. The molecule has 3 aromatic carbocycles. The minimum atomic E-state index is 0.291. The van der Waals surface area contributed by atoms with Gasteiger partial charge in [0.1, 0.15) is 0 Å². The summed E-state index contributed by atoms with van der Waals surface area (Å²) in [6.07, 6.45) is 0. The summed E-state index contributed by atoms with van der Waals surface area (Å²) < 4.78 is 1.09. The monoisotopic (exact) mass is 489 g/mol. The Kier molecular flexibility index (Phi) is 6.16. The third-order valence-corrected chi connectivity index (χ3v) is 7.24. The fourth-order valence-corrected chi connectivity index (χ4v) is 5.37. The molecule has 0 bridgehead atoms. The van der Waals surface area contributed by atoms with Crippen LogP contribution in [0.15, 0.2) is 94.8 Å². The summed E-state index contributed by atoms with van der Waals surface area (Å²) in [7, 11) is 0. The van der Waals surface area contributed by atoms with Gasteiger partial charge < -0.3 is 4.90 Å². The summed E-state index contributed by atoms with van der Waals surface area (Å²) in [5, 5.41) is 3.29. The van der Waals surface area contributed by atoms with Crippen LogP contribution in [0.4, 0.5) is 5.13 Å². The highest BCUT2D eigenvalue weighted by Crippen LogP contribution is 2.32. The smallest absolute Gasteiger partial charge is 0.185 e. The molecule has 156 valence electrons. The van der Waals surface area contributed by atoms with Gasteiger partial charge in [-0.05, 0) is 23.3 Å². The molecule has 0 radical (unpaired) electrons. The summed E-state index contributed by atoms with van der Waals surface area (Å²) in [5.74, 6) is 0. The van der Waals surface area contributed by atoms with Crippen molar-refractivity contribution >= 4 is 32.4 Å². The minimum Gasteiger partial charge on any atom is -0.346 e. The van der Waals surface area contributed by atoms with Crippen LogP contribution >= 0.6 is 27.3 Å².